The molecule has 1 aromatic heterocycles. The van der Waals surface area contributed by atoms with Crippen LogP contribution in [0.25, 0.3) is 10.8 Å². The minimum Gasteiger partial charge on any atom is -0.447 e. The van der Waals surface area contributed by atoms with Gasteiger partial charge in [-0.25, -0.2) is 9.36 Å². The van der Waals surface area contributed by atoms with Crippen LogP contribution in [-0.4, -0.2) is 25.2 Å². The largest absolute Gasteiger partial charge is 0.447 e. The summed E-state index contributed by atoms with van der Waals surface area (Å²) in [6.07, 6.45) is 4.19. The number of para-hydroxylation sites is 1. The molecule has 35 heavy (non-hydrogen) atoms. The highest BCUT2D eigenvalue weighted by Crippen LogP contribution is 2.23. The van der Waals surface area contributed by atoms with Crippen molar-refractivity contribution in [3.8, 4) is 0 Å². The van der Waals surface area contributed by atoms with Crippen molar-refractivity contribution in [2.75, 3.05) is 23.4 Å². The van der Waals surface area contributed by atoms with Gasteiger partial charge in [0.25, 0.3) is 5.91 Å². The second-order valence-corrected chi connectivity index (χ2v) is 8.98. The van der Waals surface area contributed by atoms with Crippen LogP contribution < -0.4 is 14.8 Å². The molecule has 0 bridgehead atoms. The molecular formula is C28H27BrN3O3+. The first kappa shape index (κ1) is 24.4. The number of aromatic nitrogens is 1. The molecule has 1 N–H and O–H groups in total. The summed E-state index contributed by atoms with van der Waals surface area (Å²) in [7, 11) is 0. The number of anilines is 2. The lowest BCUT2D eigenvalue weighted by Crippen LogP contribution is -2.38. The number of nitrogens with one attached hydrogen (secondary N) is 1. The normalized spacial score (nSPS) is 10.7. The number of carbonyl (C=O) groups is 2. The molecule has 0 radical (unpaired) electrons. The van der Waals surface area contributed by atoms with Gasteiger partial charge in [-0.15, -0.1) is 0 Å². The molecule has 7 heteroatoms. The van der Waals surface area contributed by atoms with Crippen LogP contribution >= 0.6 is 15.9 Å². The summed E-state index contributed by atoms with van der Waals surface area (Å²) in [4.78, 5) is 27.7. The first-order valence-electron chi connectivity index (χ1n) is 11.5. The van der Waals surface area contributed by atoms with E-state index in [-0.39, 0.29) is 19.1 Å². The van der Waals surface area contributed by atoms with Gasteiger partial charge in [0, 0.05) is 17.5 Å². The van der Waals surface area contributed by atoms with Crippen LogP contribution in [0.3, 0.4) is 0 Å². The van der Waals surface area contributed by atoms with Gasteiger partial charge in [0.15, 0.2) is 12.4 Å². The molecule has 0 saturated heterocycles. The van der Waals surface area contributed by atoms with Gasteiger partial charge in [0.2, 0.25) is 0 Å². The summed E-state index contributed by atoms with van der Waals surface area (Å²) < 4.78 is 8.28. The third-order valence-corrected chi connectivity index (χ3v) is 5.94. The van der Waals surface area contributed by atoms with Gasteiger partial charge in [0.1, 0.15) is 18.7 Å². The van der Waals surface area contributed by atoms with Crippen LogP contribution in [0.4, 0.5) is 16.2 Å². The minimum absolute atomic E-state index is 0.0419. The molecule has 0 saturated carbocycles. The number of rotatable bonds is 8. The Morgan fingerprint density at radius 2 is 1.71 bits per heavy atom. The quantitative estimate of drug-likeness (QED) is 0.275. The van der Waals surface area contributed by atoms with Crippen molar-refractivity contribution in [2.45, 2.75) is 19.9 Å². The number of fused-ring (bicyclic) bond motifs is 1. The predicted molar refractivity (Wildman–Crippen MR) is 142 cm³/mol. The van der Waals surface area contributed by atoms with Crippen molar-refractivity contribution < 1.29 is 18.9 Å². The van der Waals surface area contributed by atoms with Gasteiger partial charge in [-0.1, -0.05) is 61.5 Å². The molecule has 2 amide bonds. The highest BCUT2D eigenvalue weighted by atomic mass is 79.9. The van der Waals surface area contributed by atoms with E-state index in [4.69, 9.17) is 4.74 Å². The maximum absolute atomic E-state index is 13.5. The van der Waals surface area contributed by atoms with Crippen LogP contribution in [0.15, 0.2) is 95.7 Å². The lowest BCUT2D eigenvalue weighted by Gasteiger charge is -2.22. The zero-order chi connectivity index (χ0) is 24.6. The summed E-state index contributed by atoms with van der Waals surface area (Å²) in [5, 5.41) is 4.78. The maximum Gasteiger partial charge on any atom is 0.411 e. The van der Waals surface area contributed by atoms with E-state index in [1.807, 2.05) is 89.8 Å². The van der Waals surface area contributed by atoms with Crippen LogP contribution in [0.1, 0.15) is 23.7 Å². The van der Waals surface area contributed by atoms with Crippen LogP contribution in [-0.2, 0) is 11.3 Å². The van der Waals surface area contributed by atoms with Crippen molar-refractivity contribution >= 4 is 50.1 Å². The molecule has 1 heterocycles. The van der Waals surface area contributed by atoms with Gasteiger partial charge in [-0.3, -0.25) is 10.1 Å². The average Bonchev–Trinajstić information content (AvgIpc) is 2.87. The molecule has 178 valence electrons. The molecule has 0 aliphatic heterocycles. The Morgan fingerprint density at radius 1 is 0.971 bits per heavy atom. The predicted octanol–water partition coefficient (Wildman–Crippen LogP) is 6.20. The second-order valence-electron chi connectivity index (χ2n) is 8.06. The summed E-state index contributed by atoms with van der Waals surface area (Å²) in [5.74, 6) is -0.166. The fourth-order valence-corrected chi connectivity index (χ4v) is 4.43. The Hall–Kier alpha value is -3.71. The zero-order valence-electron chi connectivity index (χ0n) is 19.5. The van der Waals surface area contributed by atoms with Crippen LogP contribution in [0.5, 0.6) is 0 Å². The number of halogens is 1. The number of nitrogens with zero attached hydrogens (tertiary/aromatic N) is 2. The summed E-state index contributed by atoms with van der Waals surface area (Å²) in [6, 6.07) is 24.7. The molecule has 0 unspecified atom stereocenters. The molecule has 0 fully saturated rings. The summed E-state index contributed by atoms with van der Waals surface area (Å²) >= 11 is 3.51. The fourth-order valence-electron chi connectivity index (χ4n) is 3.92. The SMILES string of the molecule is CCC[n+]1cc(Br)cc(C(=O)N(CCOC(=O)Nc2cccc3ccccc23)c2ccccc2)c1. The fraction of sp³-hybridized carbons (Fsp3) is 0.179. The lowest BCUT2D eigenvalue weighted by atomic mass is 10.1. The molecule has 6 nitrogen and oxygen atoms in total. The molecule has 3 aromatic carbocycles. The molecule has 0 aliphatic rings. The van der Waals surface area contributed by atoms with E-state index in [0.29, 0.717) is 11.3 Å². The highest BCUT2D eigenvalue weighted by Gasteiger charge is 2.22. The van der Waals surface area contributed by atoms with E-state index in [1.54, 1.807) is 11.0 Å². The van der Waals surface area contributed by atoms with Crippen molar-refractivity contribution in [1.82, 2.24) is 0 Å². The van der Waals surface area contributed by atoms with E-state index in [1.165, 1.54) is 0 Å². The number of aryl methyl sites for hydroxylation is 1. The van der Waals surface area contributed by atoms with E-state index in [9.17, 15) is 9.59 Å². The Labute approximate surface area is 213 Å². The molecule has 4 aromatic rings. The Kier molecular flexibility index (Phi) is 8.11. The topological polar surface area (TPSA) is 62.5 Å². The van der Waals surface area contributed by atoms with Crippen LogP contribution in [0.2, 0.25) is 0 Å². The van der Waals surface area contributed by atoms with Gasteiger partial charge in [0.05, 0.1) is 16.7 Å². The molecule has 4 rings (SSSR count). The zero-order valence-corrected chi connectivity index (χ0v) is 21.1. The molecule has 0 spiro atoms. The number of pyridine rings is 1. The van der Waals surface area contributed by atoms with Crippen molar-refractivity contribution in [3.05, 3.63) is 101 Å². The van der Waals surface area contributed by atoms with Gasteiger partial charge in [-0.2, -0.15) is 0 Å². The summed E-state index contributed by atoms with van der Waals surface area (Å²) in [5.41, 5.74) is 1.97. The van der Waals surface area contributed by atoms with E-state index >= 15 is 0 Å². The van der Waals surface area contributed by atoms with E-state index < -0.39 is 6.09 Å². The third-order valence-electron chi connectivity index (χ3n) is 5.50. The Balaban J connectivity index is 1.47. The van der Waals surface area contributed by atoms with E-state index in [0.717, 1.165) is 33.9 Å². The summed E-state index contributed by atoms with van der Waals surface area (Å²) in [6.45, 7) is 3.15. The van der Waals surface area contributed by atoms with Crippen molar-refractivity contribution in [1.29, 1.82) is 0 Å². The number of hydrogen-bond donors (Lipinski definition) is 1. The monoisotopic (exact) mass is 532 g/mol. The van der Waals surface area contributed by atoms with E-state index in [2.05, 4.69) is 28.2 Å². The standard InChI is InChI=1S/C28H26BrN3O3/c1-2-15-31-19-22(18-23(29)20-31)27(33)32(24-11-4-3-5-12-24)16-17-35-28(34)30-26-14-8-10-21-9-6-7-13-25(21)26/h3-14,18-20H,2,15-17H2,1H3/p+1. The number of hydrogen-bond acceptors (Lipinski definition) is 3. The molecule has 0 aliphatic carbocycles. The lowest BCUT2D eigenvalue weighted by molar-refractivity contribution is -0.697. The van der Waals surface area contributed by atoms with Crippen molar-refractivity contribution in [2.24, 2.45) is 0 Å². The average molecular weight is 533 g/mol. The van der Waals surface area contributed by atoms with Gasteiger partial charge in [-0.05, 0) is 45.6 Å². The smallest absolute Gasteiger partial charge is 0.411 e. The van der Waals surface area contributed by atoms with Crippen LogP contribution in [0, 0.1) is 0 Å². The van der Waals surface area contributed by atoms with Gasteiger partial charge >= 0.3 is 6.09 Å². The minimum atomic E-state index is -0.565. The number of carbonyl (C=O) groups excluding carboxylic acids is 2. The second kappa shape index (κ2) is 11.6. The Bertz CT molecular complexity index is 1320. The molecule has 0 atom stereocenters. The number of ether oxygens (including phenoxy) is 1. The first-order valence-corrected chi connectivity index (χ1v) is 12.3. The highest BCUT2D eigenvalue weighted by molar-refractivity contribution is 9.10. The van der Waals surface area contributed by atoms with Crippen molar-refractivity contribution in [3.63, 3.8) is 0 Å². The van der Waals surface area contributed by atoms with Gasteiger partial charge < -0.3 is 9.64 Å². The number of benzene rings is 3. The molecular weight excluding hydrogens is 506 g/mol. The Morgan fingerprint density at radius 3 is 2.51 bits per heavy atom. The maximum atomic E-state index is 13.5. The third kappa shape index (κ3) is 6.25. The first-order chi connectivity index (χ1) is 17.0. The number of amides is 2.